The minimum Gasteiger partial charge on any atom is -0.464 e. The molecule has 6 heteroatoms. The number of carbonyl (C=O) groups is 1. The lowest BCUT2D eigenvalue weighted by atomic mass is 10.1. The topological polar surface area (TPSA) is 64.6 Å². The van der Waals surface area contributed by atoms with Crippen LogP contribution in [0.1, 0.15) is 48.4 Å². The molecule has 0 heterocycles. The van der Waals surface area contributed by atoms with Gasteiger partial charge in [0.1, 0.15) is 6.04 Å². The van der Waals surface area contributed by atoms with Crippen molar-refractivity contribution in [1.82, 2.24) is 5.09 Å². The molecule has 2 rings (SSSR count). The van der Waals surface area contributed by atoms with E-state index in [-0.39, 0.29) is 1.43 Å². The van der Waals surface area contributed by atoms with Crippen molar-refractivity contribution < 1.29 is 20.0 Å². The molecule has 0 amide bonds. The fraction of sp³-hybridized carbons (Fsp3) is 0.450. The van der Waals surface area contributed by atoms with E-state index < -0.39 is 20.2 Å². The number of rotatable bonds is 9. The summed E-state index contributed by atoms with van der Waals surface area (Å²) in [5.74, 6) is 0.0983. The smallest absolute Gasteiger partial charge is 0.464 e. The highest BCUT2D eigenvalue weighted by atomic mass is 31.1. The van der Waals surface area contributed by atoms with Gasteiger partial charge in [0.25, 0.3) is 0 Å². The lowest BCUT2D eigenvalue weighted by Gasteiger charge is -2.07. The van der Waals surface area contributed by atoms with Crippen LogP contribution >= 0.6 is 8.18 Å². The molecule has 0 radical (unpaired) electrons. The highest BCUT2D eigenvalue weighted by Gasteiger charge is 2.28. The average Bonchev–Trinajstić information content (AvgIpc) is 2.67. The van der Waals surface area contributed by atoms with Gasteiger partial charge >= 0.3 is 14.1 Å². The summed E-state index contributed by atoms with van der Waals surface area (Å²) < 4.78 is 22.8. The summed E-state index contributed by atoms with van der Waals surface area (Å²) >= 11 is 0. The summed E-state index contributed by atoms with van der Waals surface area (Å²) in [7, 11) is -2.22. The second-order valence-corrected chi connectivity index (χ2v) is 6.51. The van der Waals surface area contributed by atoms with Gasteiger partial charge in [-0.05, 0) is 24.8 Å². The van der Waals surface area contributed by atoms with Gasteiger partial charge in [0, 0.05) is 11.4 Å². The minimum absolute atomic E-state index is 0. The number of esters is 1. The van der Waals surface area contributed by atoms with Crippen molar-refractivity contribution in [3.63, 3.8) is 0 Å². The summed E-state index contributed by atoms with van der Waals surface area (Å²) in [4.78, 5) is 11.8. The standard InChI is InChI=1S/C18H23NO4P.C2H6.H2/c1-3-4-7-13-22-18(20)14(2)19-24(21)23-17-12-8-10-15-9-5-6-11-16(15)17;1-2;/h5-6,8-12,14H,3-4,7,13H2,1-2H3,(H,19,21);1-2H3;1H/q+1;;/t14-;;/m0../s1. The predicted molar refractivity (Wildman–Crippen MR) is 109 cm³/mol. The van der Waals surface area contributed by atoms with E-state index in [1.807, 2.05) is 50.2 Å². The molecule has 0 saturated carbocycles. The van der Waals surface area contributed by atoms with Crippen LogP contribution < -0.4 is 9.61 Å². The Morgan fingerprint density at radius 3 is 2.58 bits per heavy atom. The van der Waals surface area contributed by atoms with Crippen molar-refractivity contribution in [3.05, 3.63) is 42.5 Å². The molecule has 0 aliphatic heterocycles. The third-order valence-corrected chi connectivity index (χ3v) is 4.54. The third kappa shape index (κ3) is 7.11. The number of hydrogen-bond donors (Lipinski definition) is 1. The molecular weight excluding hydrogens is 349 g/mol. The van der Waals surface area contributed by atoms with Gasteiger partial charge in [0.2, 0.25) is 0 Å². The monoisotopic (exact) mass is 380 g/mol. The maximum atomic E-state index is 12.2. The summed E-state index contributed by atoms with van der Waals surface area (Å²) in [6.45, 7) is 8.09. The SMILES string of the molecule is CC.CCCCCOC(=O)[C@H](C)N[P+](=O)Oc1cccc2ccccc12.[HH]. The van der Waals surface area contributed by atoms with Crippen molar-refractivity contribution in [3.8, 4) is 5.75 Å². The molecule has 0 aliphatic rings. The highest BCUT2D eigenvalue weighted by molar-refractivity contribution is 7.37. The van der Waals surface area contributed by atoms with Crippen LogP contribution in [-0.2, 0) is 14.1 Å². The van der Waals surface area contributed by atoms with Crippen molar-refractivity contribution in [2.75, 3.05) is 6.61 Å². The second kappa shape index (κ2) is 12.4. The van der Waals surface area contributed by atoms with E-state index >= 15 is 0 Å². The molecule has 0 spiro atoms. The first kappa shape index (κ1) is 22.1. The largest absolute Gasteiger partial charge is 0.664 e. The van der Waals surface area contributed by atoms with Crippen molar-refractivity contribution in [1.29, 1.82) is 0 Å². The Bertz CT molecular complexity index is 706. The lowest BCUT2D eigenvalue weighted by molar-refractivity contribution is -0.145. The maximum absolute atomic E-state index is 12.2. The lowest BCUT2D eigenvalue weighted by Crippen LogP contribution is -2.31. The number of fused-ring (bicyclic) bond motifs is 1. The molecule has 26 heavy (non-hydrogen) atoms. The van der Waals surface area contributed by atoms with Gasteiger partial charge in [-0.25, -0.2) is 4.52 Å². The predicted octanol–water partition coefficient (Wildman–Crippen LogP) is 5.86. The zero-order valence-corrected chi connectivity index (χ0v) is 16.9. The number of benzene rings is 2. The number of ether oxygens (including phenoxy) is 1. The van der Waals surface area contributed by atoms with Gasteiger partial charge in [0.05, 0.1) is 6.61 Å². The van der Waals surface area contributed by atoms with Gasteiger partial charge in [-0.2, -0.15) is 0 Å². The number of carbonyl (C=O) groups excluding carboxylic acids is 1. The fourth-order valence-electron chi connectivity index (χ4n) is 2.25. The number of hydrogen-bond acceptors (Lipinski definition) is 4. The first-order valence-corrected chi connectivity index (χ1v) is 10.4. The van der Waals surface area contributed by atoms with Crippen LogP contribution in [0.15, 0.2) is 42.5 Å². The molecule has 2 atom stereocenters. The van der Waals surface area contributed by atoms with Gasteiger partial charge in [-0.1, -0.05) is 75.1 Å². The second-order valence-electron chi connectivity index (χ2n) is 5.55. The molecule has 1 unspecified atom stereocenters. The summed E-state index contributed by atoms with van der Waals surface area (Å²) in [5, 5.41) is 4.52. The van der Waals surface area contributed by atoms with Crippen LogP contribution in [0.5, 0.6) is 5.75 Å². The van der Waals surface area contributed by atoms with Gasteiger partial charge < -0.3 is 4.74 Å². The van der Waals surface area contributed by atoms with E-state index in [1.165, 1.54) is 0 Å². The summed E-state index contributed by atoms with van der Waals surface area (Å²) in [5.41, 5.74) is 0. The molecule has 0 aliphatic carbocycles. The Kier molecular flexibility index (Phi) is 10.5. The maximum Gasteiger partial charge on any atom is 0.664 e. The first-order valence-electron chi connectivity index (χ1n) is 9.17. The molecule has 0 aromatic heterocycles. The molecule has 2 aromatic rings. The van der Waals surface area contributed by atoms with E-state index in [0.29, 0.717) is 12.4 Å². The van der Waals surface area contributed by atoms with Gasteiger partial charge in [-0.3, -0.25) is 4.79 Å². The number of nitrogens with one attached hydrogen (secondary N) is 1. The van der Waals surface area contributed by atoms with E-state index in [1.54, 1.807) is 13.0 Å². The zero-order valence-electron chi connectivity index (χ0n) is 16.0. The van der Waals surface area contributed by atoms with Crippen LogP contribution in [-0.4, -0.2) is 18.6 Å². The quantitative estimate of drug-likeness (QED) is 0.335. The Morgan fingerprint density at radius 2 is 1.85 bits per heavy atom. The molecule has 0 bridgehead atoms. The number of unbranched alkanes of at least 4 members (excludes halogenated alkanes) is 2. The van der Waals surface area contributed by atoms with E-state index in [9.17, 15) is 9.36 Å². The van der Waals surface area contributed by atoms with E-state index in [0.717, 1.165) is 30.0 Å². The molecule has 144 valence electrons. The summed E-state index contributed by atoms with van der Waals surface area (Å²) in [6.07, 6.45) is 2.93. The molecule has 0 fully saturated rings. The highest BCUT2D eigenvalue weighted by Crippen LogP contribution is 2.31. The van der Waals surface area contributed by atoms with Crippen LogP contribution in [0.3, 0.4) is 0 Å². The minimum atomic E-state index is -2.22. The Hall–Kier alpha value is -1.97. The zero-order chi connectivity index (χ0) is 19.4. The van der Waals surface area contributed by atoms with Crippen molar-refractivity contribution >= 4 is 24.9 Å². The first-order chi connectivity index (χ1) is 12.6. The average molecular weight is 380 g/mol. The van der Waals surface area contributed by atoms with Crippen molar-refractivity contribution in [2.45, 2.75) is 53.0 Å². The fourth-order valence-corrected chi connectivity index (χ4v) is 3.06. The third-order valence-electron chi connectivity index (χ3n) is 3.58. The van der Waals surface area contributed by atoms with Gasteiger partial charge in [-0.15, -0.1) is 0 Å². The molecule has 1 N–H and O–H groups in total. The van der Waals surface area contributed by atoms with E-state index in [4.69, 9.17) is 9.26 Å². The molecular formula is C20H31NO4P+. The molecule has 5 nitrogen and oxygen atoms in total. The normalized spacial score (nSPS) is 11.9. The van der Waals surface area contributed by atoms with Crippen LogP contribution in [0.4, 0.5) is 0 Å². The van der Waals surface area contributed by atoms with Crippen LogP contribution in [0.25, 0.3) is 10.8 Å². The summed E-state index contributed by atoms with van der Waals surface area (Å²) in [6, 6.07) is 12.5. The van der Waals surface area contributed by atoms with Crippen LogP contribution in [0, 0.1) is 0 Å². The van der Waals surface area contributed by atoms with Gasteiger partial charge in [0.15, 0.2) is 5.75 Å². The van der Waals surface area contributed by atoms with Crippen molar-refractivity contribution in [2.24, 2.45) is 0 Å². The molecule has 2 aromatic carbocycles. The Morgan fingerprint density at radius 1 is 1.15 bits per heavy atom. The molecule has 0 saturated heterocycles. The Balaban J connectivity index is 0.00000218. The van der Waals surface area contributed by atoms with Crippen LogP contribution in [0.2, 0.25) is 0 Å². The Labute approximate surface area is 158 Å². The van der Waals surface area contributed by atoms with E-state index in [2.05, 4.69) is 12.0 Å².